The smallest absolute Gasteiger partial charge is 0.146 e. The van der Waals surface area contributed by atoms with Crippen LogP contribution in [0.5, 0.6) is 0 Å². The molecule has 0 aromatic heterocycles. The standard InChI is InChI=1S/C14H21FN2/c1-3-17(9-11-4-5-11)14-7-6-12(10(2)16)8-13(14)15/h6-8,10-11H,3-5,9,16H2,1-2H3. The van der Waals surface area contributed by atoms with Gasteiger partial charge >= 0.3 is 0 Å². The molecule has 1 aromatic carbocycles. The van der Waals surface area contributed by atoms with Crippen LogP contribution in [0.1, 0.15) is 38.3 Å². The number of hydrogen-bond donors (Lipinski definition) is 1. The maximum atomic E-state index is 14.0. The highest BCUT2D eigenvalue weighted by Crippen LogP contribution is 2.32. The third-order valence-corrected chi connectivity index (χ3v) is 3.40. The number of benzene rings is 1. The van der Waals surface area contributed by atoms with Gasteiger partial charge in [-0.15, -0.1) is 0 Å². The van der Waals surface area contributed by atoms with Gasteiger partial charge in [-0.3, -0.25) is 0 Å². The van der Waals surface area contributed by atoms with Crippen molar-refractivity contribution in [3.8, 4) is 0 Å². The van der Waals surface area contributed by atoms with Crippen molar-refractivity contribution in [2.75, 3.05) is 18.0 Å². The molecule has 0 radical (unpaired) electrons. The van der Waals surface area contributed by atoms with Crippen molar-refractivity contribution in [3.05, 3.63) is 29.6 Å². The highest BCUT2D eigenvalue weighted by Gasteiger charge is 2.25. The lowest BCUT2D eigenvalue weighted by atomic mass is 10.1. The molecule has 1 aromatic rings. The van der Waals surface area contributed by atoms with E-state index in [1.54, 1.807) is 6.07 Å². The molecule has 2 nitrogen and oxygen atoms in total. The first kappa shape index (κ1) is 12.4. The Hall–Kier alpha value is -1.09. The van der Waals surface area contributed by atoms with Crippen LogP contribution in [0.2, 0.25) is 0 Å². The van der Waals surface area contributed by atoms with Crippen molar-refractivity contribution < 1.29 is 4.39 Å². The maximum Gasteiger partial charge on any atom is 0.146 e. The zero-order valence-corrected chi connectivity index (χ0v) is 10.6. The first-order valence-corrected chi connectivity index (χ1v) is 6.41. The zero-order valence-electron chi connectivity index (χ0n) is 10.6. The van der Waals surface area contributed by atoms with E-state index in [0.29, 0.717) is 5.69 Å². The predicted molar refractivity (Wildman–Crippen MR) is 69.6 cm³/mol. The Morgan fingerprint density at radius 2 is 2.18 bits per heavy atom. The largest absolute Gasteiger partial charge is 0.369 e. The van der Waals surface area contributed by atoms with E-state index in [2.05, 4.69) is 11.8 Å². The van der Waals surface area contributed by atoms with Crippen molar-refractivity contribution in [1.29, 1.82) is 0 Å². The lowest BCUT2D eigenvalue weighted by Crippen LogP contribution is -2.26. The molecule has 1 unspecified atom stereocenters. The molecule has 0 amide bonds. The van der Waals surface area contributed by atoms with Gasteiger partial charge in [-0.2, -0.15) is 0 Å². The number of rotatable bonds is 5. The van der Waals surface area contributed by atoms with Crippen LogP contribution in [0.15, 0.2) is 18.2 Å². The molecule has 1 atom stereocenters. The summed E-state index contributed by atoms with van der Waals surface area (Å²) in [7, 11) is 0. The molecule has 0 spiro atoms. The van der Waals surface area contributed by atoms with E-state index in [9.17, 15) is 4.39 Å². The van der Waals surface area contributed by atoms with Gasteiger partial charge in [0, 0.05) is 19.1 Å². The van der Waals surface area contributed by atoms with Gasteiger partial charge < -0.3 is 10.6 Å². The minimum atomic E-state index is -0.151. The van der Waals surface area contributed by atoms with Crippen molar-refractivity contribution in [3.63, 3.8) is 0 Å². The molecular formula is C14H21FN2. The van der Waals surface area contributed by atoms with Gasteiger partial charge in [0.15, 0.2) is 0 Å². The van der Waals surface area contributed by atoms with Crippen LogP contribution in [0.3, 0.4) is 0 Å². The second-order valence-corrected chi connectivity index (χ2v) is 4.98. The molecule has 1 saturated carbocycles. The third kappa shape index (κ3) is 2.97. The summed E-state index contributed by atoms with van der Waals surface area (Å²) < 4.78 is 14.0. The van der Waals surface area contributed by atoms with Gasteiger partial charge in [0.05, 0.1) is 5.69 Å². The van der Waals surface area contributed by atoms with Gasteiger partial charge in [0.25, 0.3) is 0 Å². The second-order valence-electron chi connectivity index (χ2n) is 4.98. The molecule has 2 rings (SSSR count). The minimum absolute atomic E-state index is 0.114. The van der Waals surface area contributed by atoms with E-state index in [1.807, 2.05) is 19.1 Å². The fraction of sp³-hybridized carbons (Fsp3) is 0.571. The topological polar surface area (TPSA) is 29.3 Å². The second kappa shape index (κ2) is 5.05. The molecule has 0 aliphatic heterocycles. The predicted octanol–water partition coefficient (Wildman–Crippen LogP) is 3.08. The van der Waals surface area contributed by atoms with Crippen LogP contribution in [0, 0.1) is 11.7 Å². The Kier molecular flexibility index (Phi) is 3.67. The highest BCUT2D eigenvalue weighted by atomic mass is 19.1. The Morgan fingerprint density at radius 1 is 1.47 bits per heavy atom. The van der Waals surface area contributed by atoms with Gasteiger partial charge in [0.2, 0.25) is 0 Å². The van der Waals surface area contributed by atoms with E-state index in [-0.39, 0.29) is 11.9 Å². The summed E-state index contributed by atoms with van der Waals surface area (Å²) in [5.74, 6) is 0.616. The van der Waals surface area contributed by atoms with Crippen LogP contribution >= 0.6 is 0 Å². The summed E-state index contributed by atoms with van der Waals surface area (Å²) in [5.41, 5.74) is 7.32. The van der Waals surface area contributed by atoms with Crippen LogP contribution < -0.4 is 10.6 Å². The van der Waals surface area contributed by atoms with E-state index in [0.717, 1.165) is 24.6 Å². The quantitative estimate of drug-likeness (QED) is 0.851. The molecule has 17 heavy (non-hydrogen) atoms. The first-order valence-electron chi connectivity index (χ1n) is 6.41. The average molecular weight is 236 g/mol. The van der Waals surface area contributed by atoms with Crippen molar-refractivity contribution >= 4 is 5.69 Å². The molecule has 0 bridgehead atoms. The van der Waals surface area contributed by atoms with Crippen molar-refractivity contribution in [1.82, 2.24) is 0 Å². The molecule has 2 N–H and O–H groups in total. The maximum absolute atomic E-state index is 14.0. The lowest BCUT2D eigenvalue weighted by Gasteiger charge is -2.24. The molecule has 1 fully saturated rings. The van der Waals surface area contributed by atoms with Crippen molar-refractivity contribution in [2.45, 2.75) is 32.7 Å². The fourth-order valence-corrected chi connectivity index (χ4v) is 2.07. The average Bonchev–Trinajstić information content (AvgIpc) is 3.10. The third-order valence-electron chi connectivity index (χ3n) is 3.40. The Morgan fingerprint density at radius 3 is 2.65 bits per heavy atom. The molecule has 3 heteroatoms. The van der Waals surface area contributed by atoms with E-state index in [1.165, 1.54) is 12.8 Å². The van der Waals surface area contributed by atoms with E-state index >= 15 is 0 Å². The summed E-state index contributed by atoms with van der Waals surface area (Å²) in [6.07, 6.45) is 2.58. The normalized spacial score (nSPS) is 16.9. The molecular weight excluding hydrogens is 215 g/mol. The molecule has 0 heterocycles. The summed E-state index contributed by atoms with van der Waals surface area (Å²) in [4.78, 5) is 2.12. The van der Waals surface area contributed by atoms with Gasteiger partial charge in [0.1, 0.15) is 5.82 Å². The van der Waals surface area contributed by atoms with Crippen LogP contribution in [0.4, 0.5) is 10.1 Å². The van der Waals surface area contributed by atoms with Crippen LogP contribution in [0.25, 0.3) is 0 Å². The summed E-state index contributed by atoms with van der Waals surface area (Å²) >= 11 is 0. The Balaban J connectivity index is 2.17. The molecule has 1 aliphatic carbocycles. The zero-order chi connectivity index (χ0) is 12.4. The van der Waals surface area contributed by atoms with Crippen LogP contribution in [-0.2, 0) is 0 Å². The SMILES string of the molecule is CCN(CC1CC1)c1ccc(C(C)N)cc1F. The summed E-state index contributed by atoms with van der Waals surface area (Å²) in [6, 6.07) is 5.24. The van der Waals surface area contributed by atoms with Gasteiger partial charge in [-0.1, -0.05) is 6.07 Å². The summed E-state index contributed by atoms with van der Waals surface area (Å²) in [5, 5.41) is 0. The first-order chi connectivity index (χ1) is 8.11. The minimum Gasteiger partial charge on any atom is -0.369 e. The number of halogens is 1. The highest BCUT2D eigenvalue weighted by molar-refractivity contribution is 5.49. The monoisotopic (exact) mass is 236 g/mol. The van der Waals surface area contributed by atoms with E-state index in [4.69, 9.17) is 5.73 Å². The van der Waals surface area contributed by atoms with Crippen LogP contribution in [-0.4, -0.2) is 13.1 Å². The fourth-order valence-electron chi connectivity index (χ4n) is 2.07. The molecule has 1 aliphatic rings. The van der Waals surface area contributed by atoms with Gasteiger partial charge in [-0.05, 0) is 50.3 Å². The van der Waals surface area contributed by atoms with Crippen molar-refractivity contribution in [2.24, 2.45) is 11.7 Å². The number of anilines is 1. The Labute approximate surface area is 103 Å². The molecule has 0 saturated heterocycles. The summed E-state index contributed by atoms with van der Waals surface area (Å²) in [6.45, 7) is 5.77. The van der Waals surface area contributed by atoms with E-state index < -0.39 is 0 Å². The number of hydrogen-bond acceptors (Lipinski definition) is 2. The number of nitrogens with zero attached hydrogens (tertiary/aromatic N) is 1. The van der Waals surface area contributed by atoms with Gasteiger partial charge in [-0.25, -0.2) is 4.39 Å². The Bertz CT molecular complexity index is 386. The molecule has 94 valence electrons. The number of nitrogens with two attached hydrogens (primary N) is 1. The lowest BCUT2D eigenvalue weighted by molar-refractivity contribution is 0.608.